The van der Waals surface area contributed by atoms with E-state index in [-0.39, 0.29) is 0 Å². The molecular formula is C12H26N2. The van der Waals surface area contributed by atoms with Crippen molar-refractivity contribution in [2.45, 2.75) is 52.0 Å². The van der Waals surface area contributed by atoms with Gasteiger partial charge in [-0.25, -0.2) is 0 Å². The monoisotopic (exact) mass is 198 g/mol. The Morgan fingerprint density at radius 3 is 2.71 bits per heavy atom. The van der Waals surface area contributed by atoms with Crippen LogP contribution in [-0.4, -0.2) is 31.1 Å². The van der Waals surface area contributed by atoms with Crippen LogP contribution in [0.25, 0.3) is 0 Å². The summed E-state index contributed by atoms with van der Waals surface area (Å²) in [7, 11) is 2.25. The first-order valence-electron chi connectivity index (χ1n) is 5.95. The molecule has 0 bridgehead atoms. The summed E-state index contributed by atoms with van der Waals surface area (Å²) in [5, 5.41) is 0. The van der Waals surface area contributed by atoms with Crippen LogP contribution in [0.3, 0.4) is 0 Å². The number of nitrogens with zero attached hydrogens (tertiary/aromatic N) is 1. The van der Waals surface area contributed by atoms with Gasteiger partial charge in [0.1, 0.15) is 0 Å². The second-order valence-corrected chi connectivity index (χ2v) is 5.54. The maximum absolute atomic E-state index is 5.53. The highest BCUT2D eigenvalue weighted by atomic mass is 15.1. The lowest BCUT2D eigenvalue weighted by atomic mass is 9.75. The van der Waals surface area contributed by atoms with Crippen LogP contribution in [0.4, 0.5) is 0 Å². The molecule has 1 rings (SSSR count). The highest BCUT2D eigenvalue weighted by molar-refractivity contribution is 4.83. The predicted molar refractivity (Wildman–Crippen MR) is 62.3 cm³/mol. The molecule has 0 aliphatic heterocycles. The second-order valence-electron chi connectivity index (χ2n) is 5.54. The van der Waals surface area contributed by atoms with Crippen LogP contribution in [0.2, 0.25) is 0 Å². The highest BCUT2D eigenvalue weighted by Crippen LogP contribution is 2.36. The average Bonchev–Trinajstić information content (AvgIpc) is 2.12. The molecule has 84 valence electrons. The van der Waals surface area contributed by atoms with E-state index in [1.165, 1.54) is 25.7 Å². The number of hydrogen-bond acceptors (Lipinski definition) is 2. The Labute approximate surface area is 88.8 Å². The minimum absolute atomic E-state index is 0.555. The third kappa shape index (κ3) is 3.58. The molecule has 0 aromatic rings. The van der Waals surface area contributed by atoms with Gasteiger partial charge >= 0.3 is 0 Å². The van der Waals surface area contributed by atoms with Gasteiger partial charge in [-0.1, -0.05) is 20.3 Å². The number of rotatable bonds is 4. The summed E-state index contributed by atoms with van der Waals surface area (Å²) in [5.74, 6) is 0. The first-order chi connectivity index (χ1) is 6.55. The standard InChI is InChI=1S/C12H26N2/c1-12(2)7-4-6-11(10-12)14(3)9-5-8-13/h11H,4-10,13H2,1-3H3. The van der Waals surface area contributed by atoms with Gasteiger partial charge in [0.25, 0.3) is 0 Å². The number of hydrogen-bond donors (Lipinski definition) is 1. The fourth-order valence-electron chi connectivity index (χ4n) is 2.56. The van der Waals surface area contributed by atoms with E-state index in [1.54, 1.807) is 0 Å². The lowest BCUT2D eigenvalue weighted by molar-refractivity contribution is 0.114. The lowest BCUT2D eigenvalue weighted by Gasteiger charge is -2.39. The van der Waals surface area contributed by atoms with Crippen molar-refractivity contribution < 1.29 is 0 Å². The smallest absolute Gasteiger partial charge is 0.00973 e. The summed E-state index contributed by atoms with van der Waals surface area (Å²) in [6.07, 6.45) is 6.66. The molecule has 1 aliphatic carbocycles. The molecule has 0 radical (unpaired) electrons. The summed E-state index contributed by atoms with van der Waals surface area (Å²) in [6, 6.07) is 0.797. The second kappa shape index (κ2) is 5.13. The van der Waals surface area contributed by atoms with Crippen molar-refractivity contribution in [2.24, 2.45) is 11.1 Å². The quantitative estimate of drug-likeness (QED) is 0.750. The van der Waals surface area contributed by atoms with Gasteiger partial charge in [-0.05, 0) is 51.2 Å². The van der Waals surface area contributed by atoms with E-state index in [4.69, 9.17) is 5.73 Å². The van der Waals surface area contributed by atoms with Gasteiger partial charge in [0, 0.05) is 6.04 Å². The molecule has 0 heterocycles. The van der Waals surface area contributed by atoms with Crippen LogP contribution in [0, 0.1) is 5.41 Å². The van der Waals surface area contributed by atoms with Gasteiger partial charge in [0.15, 0.2) is 0 Å². The number of nitrogens with two attached hydrogens (primary N) is 1. The first-order valence-corrected chi connectivity index (χ1v) is 5.95. The van der Waals surface area contributed by atoms with E-state index in [1.807, 2.05) is 0 Å². The maximum Gasteiger partial charge on any atom is 0.00973 e. The molecule has 2 nitrogen and oxygen atoms in total. The molecule has 1 atom stereocenters. The van der Waals surface area contributed by atoms with Crippen molar-refractivity contribution in [3.63, 3.8) is 0 Å². The van der Waals surface area contributed by atoms with E-state index in [0.29, 0.717) is 5.41 Å². The van der Waals surface area contributed by atoms with Crippen LogP contribution in [-0.2, 0) is 0 Å². The van der Waals surface area contributed by atoms with Crippen LogP contribution in [0.5, 0.6) is 0 Å². The van der Waals surface area contributed by atoms with E-state index in [9.17, 15) is 0 Å². The topological polar surface area (TPSA) is 29.3 Å². The highest BCUT2D eigenvalue weighted by Gasteiger charge is 2.29. The molecule has 0 spiro atoms. The zero-order valence-electron chi connectivity index (χ0n) is 10.1. The van der Waals surface area contributed by atoms with E-state index in [0.717, 1.165) is 25.6 Å². The van der Waals surface area contributed by atoms with Crippen LogP contribution < -0.4 is 5.73 Å². The largest absolute Gasteiger partial charge is 0.330 e. The first kappa shape index (κ1) is 12.0. The Hall–Kier alpha value is -0.0800. The van der Waals surface area contributed by atoms with Crippen LogP contribution in [0.1, 0.15) is 46.0 Å². The summed E-state index contributed by atoms with van der Waals surface area (Å²) in [4.78, 5) is 2.51. The van der Waals surface area contributed by atoms with E-state index >= 15 is 0 Å². The van der Waals surface area contributed by atoms with Crippen molar-refractivity contribution in [3.05, 3.63) is 0 Å². The molecule has 0 amide bonds. The molecule has 14 heavy (non-hydrogen) atoms. The molecule has 1 fully saturated rings. The van der Waals surface area contributed by atoms with Crippen molar-refractivity contribution in [1.82, 2.24) is 4.90 Å². The van der Waals surface area contributed by atoms with E-state index in [2.05, 4.69) is 25.8 Å². The van der Waals surface area contributed by atoms with Crippen molar-refractivity contribution in [1.29, 1.82) is 0 Å². The van der Waals surface area contributed by atoms with Gasteiger partial charge in [0.2, 0.25) is 0 Å². The maximum atomic E-state index is 5.53. The van der Waals surface area contributed by atoms with Crippen molar-refractivity contribution in [3.8, 4) is 0 Å². The summed E-state index contributed by atoms with van der Waals surface area (Å²) in [6.45, 7) is 6.78. The molecule has 1 aliphatic rings. The summed E-state index contributed by atoms with van der Waals surface area (Å²) < 4.78 is 0. The van der Waals surface area contributed by atoms with Gasteiger partial charge in [-0.15, -0.1) is 0 Å². The molecular weight excluding hydrogens is 172 g/mol. The minimum atomic E-state index is 0.555. The third-order valence-corrected chi connectivity index (χ3v) is 3.52. The molecule has 0 aromatic carbocycles. The Balaban J connectivity index is 2.35. The fourth-order valence-corrected chi connectivity index (χ4v) is 2.56. The van der Waals surface area contributed by atoms with Gasteiger partial charge in [-0.2, -0.15) is 0 Å². The molecule has 1 unspecified atom stereocenters. The Morgan fingerprint density at radius 1 is 1.43 bits per heavy atom. The third-order valence-electron chi connectivity index (χ3n) is 3.52. The Morgan fingerprint density at radius 2 is 2.14 bits per heavy atom. The Kier molecular flexibility index (Phi) is 4.39. The van der Waals surface area contributed by atoms with Gasteiger partial charge < -0.3 is 10.6 Å². The summed E-state index contributed by atoms with van der Waals surface area (Å²) >= 11 is 0. The van der Waals surface area contributed by atoms with Crippen molar-refractivity contribution >= 4 is 0 Å². The predicted octanol–water partition coefficient (Wildman–Crippen LogP) is 2.24. The fraction of sp³-hybridized carbons (Fsp3) is 1.00. The van der Waals surface area contributed by atoms with Crippen LogP contribution in [0.15, 0.2) is 0 Å². The molecule has 2 N–H and O–H groups in total. The van der Waals surface area contributed by atoms with Crippen LogP contribution >= 0.6 is 0 Å². The summed E-state index contributed by atoms with van der Waals surface area (Å²) in [5.41, 5.74) is 6.09. The molecule has 1 saturated carbocycles. The van der Waals surface area contributed by atoms with Gasteiger partial charge in [0.05, 0.1) is 0 Å². The molecule has 0 saturated heterocycles. The molecule has 0 aromatic heterocycles. The Bertz CT molecular complexity index is 166. The average molecular weight is 198 g/mol. The minimum Gasteiger partial charge on any atom is -0.330 e. The SMILES string of the molecule is CN(CCCN)C1CCCC(C)(C)C1. The zero-order chi connectivity index (χ0) is 10.6. The van der Waals surface area contributed by atoms with E-state index < -0.39 is 0 Å². The normalized spacial score (nSPS) is 26.8. The zero-order valence-corrected chi connectivity index (χ0v) is 10.1. The van der Waals surface area contributed by atoms with Gasteiger partial charge in [-0.3, -0.25) is 0 Å². The lowest BCUT2D eigenvalue weighted by Crippen LogP contribution is -2.39. The van der Waals surface area contributed by atoms with Crippen molar-refractivity contribution in [2.75, 3.05) is 20.1 Å². The molecule has 2 heteroatoms.